The molecule has 110 valence electrons. The molecule has 1 saturated carbocycles. The van der Waals surface area contributed by atoms with Gasteiger partial charge in [-0.25, -0.2) is 0 Å². The predicted molar refractivity (Wildman–Crippen MR) is 82.9 cm³/mol. The Hall–Kier alpha value is -1.82. The highest BCUT2D eigenvalue weighted by Gasteiger charge is 2.33. The van der Waals surface area contributed by atoms with Crippen molar-refractivity contribution in [3.8, 4) is 0 Å². The molecule has 1 heterocycles. The Kier molecular flexibility index (Phi) is 4.24. The van der Waals surface area contributed by atoms with E-state index in [4.69, 9.17) is 0 Å². The fourth-order valence-electron chi connectivity index (χ4n) is 2.04. The van der Waals surface area contributed by atoms with E-state index in [1.807, 2.05) is 30.3 Å². The monoisotopic (exact) mass is 303 g/mol. The minimum absolute atomic E-state index is 0.0468. The van der Waals surface area contributed by atoms with Crippen LogP contribution in [0.2, 0.25) is 0 Å². The lowest BCUT2D eigenvalue weighted by Crippen LogP contribution is -2.32. The van der Waals surface area contributed by atoms with Crippen LogP contribution < -0.4 is 10.6 Å². The van der Waals surface area contributed by atoms with Crippen LogP contribution in [-0.4, -0.2) is 28.3 Å². The Morgan fingerprint density at radius 2 is 2.10 bits per heavy atom. The fraction of sp³-hybridized carbons (Fsp3) is 0.400. The van der Waals surface area contributed by atoms with E-state index in [1.165, 1.54) is 11.8 Å². The Labute approximate surface area is 127 Å². The maximum atomic E-state index is 11.8. The van der Waals surface area contributed by atoms with Crippen molar-refractivity contribution in [2.24, 2.45) is 4.99 Å². The lowest BCUT2D eigenvalue weighted by molar-refractivity contribution is -0.125. The first-order chi connectivity index (χ1) is 10.2. The molecule has 3 rings (SSSR count). The number of benzene rings is 1. The lowest BCUT2D eigenvalue weighted by Gasteiger charge is -2.05. The van der Waals surface area contributed by atoms with Crippen molar-refractivity contribution in [2.45, 2.75) is 37.1 Å². The van der Waals surface area contributed by atoms with E-state index in [0.29, 0.717) is 17.8 Å². The number of nitrogens with one attached hydrogen (secondary N) is 2. The molecule has 1 atom stereocenters. The number of carbonyl (C=O) groups is 2. The van der Waals surface area contributed by atoms with Gasteiger partial charge < -0.3 is 10.6 Å². The number of rotatable bonds is 5. The third kappa shape index (κ3) is 4.07. The molecule has 21 heavy (non-hydrogen) atoms. The molecule has 2 N–H and O–H groups in total. The standard InChI is InChI=1S/C15H17N3O2S/c19-13(17-11-6-7-11)8-12-14(20)18-15(21-12)16-9-10-4-2-1-3-5-10/h1-5,11-12H,6-9H2,(H,17,19)(H,16,18,20)/t12-/m0/s1. The summed E-state index contributed by atoms with van der Waals surface area (Å²) in [5, 5.41) is 5.89. The van der Waals surface area contributed by atoms with Crippen LogP contribution in [0.4, 0.5) is 0 Å². The average Bonchev–Trinajstić information content (AvgIpc) is 3.22. The summed E-state index contributed by atoms with van der Waals surface area (Å²) in [5.74, 6) is -0.174. The van der Waals surface area contributed by atoms with Crippen LogP contribution in [0.5, 0.6) is 0 Å². The first-order valence-corrected chi connectivity index (χ1v) is 7.94. The molecule has 0 unspecified atom stereocenters. The Morgan fingerprint density at radius 3 is 2.81 bits per heavy atom. The van der Waals surface area contributed by atoms with Gasteiger partial charge in [-0.15, -0.1) is 0 Å². The van der Waals surface area contributed by atoms with Gasteiger partial charge in [0, 0.05) is 12.5 Å². The minimum Gasteiger partial charge on any atom is -0.353 e. The molecule has 2 amide bonds. The molecular weight excluding hydrogens is 286 g/mol. The first kappa shape index (κ1) is 14.1. The van der Waals surface area contributed by atoms with Crippen molar-refractivity contribution < 1.29 is 9.59 Å². The van der Waals surface area contributed by atoms with E-state index in [-0.39, 0.29) is 23.5 Å². The zero-order valence-corrected chi connectivity index (χ0v) is 12.4. The van der Waals surface area contributed by atoms with E-state index >= 15 is 0 Å². The Balaban J connectivity index is 1.52. The molecule has 1 saturated heterocycles. The van der Waals surface area contributed by atoms with Crippen molar-refractivity contribution in [1.29, 1.82) is 0 Å². The topological polar surface area (TPSA) is 70.6 Å². The number of carbonyl (C=O) groups excluding carboxylic acids is 2. The van der Waals surface area contributed by atoms with Crippen molar-refractivity contribution >= 4 is 28.7 Å². The van der Waals surface area contributed by atoms with Crippen LogP contribution in [0.25, 0.3) is 0 Å². The van der Waals surface area contributed by atoms with E-state index in [1.54, 1.807) is 0 Å². The van der Waals surface area contributed by atoms with Crippen LogP contribution in [-0.2, 0) is 16.1 Å². The van der Waals surface area contributed by atoms with E-state index in [2.05, 4.69) is 15.6 Å². The largest absolute Gasteiger partial charge is 0.353 e. The summed E-state index contributed by atoms with van der Waals surface area (Å²) >= 11 is 1.34. The van der Waals surface area contributed by atoms with Crippen molar-refractivity contribution in [2.75, 3.05) is 0 Å². The summed E-state index contributed by atoms with van der Waals surface area (Å²) < 4.78 is 0. The number of thioether (sulfide) groups is 1. The molecule has 1 aliphatic heterocycles. The van der Waals surface area contributed by atoms with Crippen LogP contribution in [0.3, 0.4) is 0 Å². The number of amides is 2. The molecule has 2 fully saturated rings. The third-order valence-corrected chi connectivity index (χ3v) is 4.46. The molecule has 0 aromatic heterocycles. The molecule has 1 aliphatic carbocycles. The fourth-order valence-corrected chi connectivity index (χ4v) is 3.01. The molecule has 1 aromatic carbocycles. The molecule has 0 spiro atoms. The lowest BCUT2D eigenvalue weighted by atomic mass is 10.2. The second kappa shape index (κ2) is 6.30. The Morgan fingerprint density at radius 1 is 1.33 bits per heavy atom. The second-order valence-electron chi connectivity index (χ2n) is 5.25. The molecular formula is C15H17N3O2S. The van der Waals surface area contributed by atoms with Gasteiger partial charge in [0.25, 0.3) is 0 Å². The molecule has 6 heteroatoms. The summed E-state index contributed by atoms with van der Waals surface area (Å²) in [4.78, 5) is 28.0. The molecule has 1 aromatic rings. The summed E-state index contributed by atoms with van der Waals surface area (Å²) in [6.07, 6.45) is 2.33. The zero-order chi connectivity index (χ0) is 14.7. The van der Waals surface area contributed by atoms with Gasteiger partial charge in [-0.2, -0.15) is 0 Å². The highest BCUT2D eigenvalue weighted by molar-refractivity contribution is 8.15. The predicted octanol–water partition coefficient (Wildman–Crippen LogP) is 1.44. The van der Waals surface area contributed by atoms with Gasteiger partial charge in [0.15, 0.2) is 5.17 Å². The maximum Gasteiger partial charge on any atom is 0.240 e. The second-order valence-corrected chi connectivity index (χ2v) is 6.44. The van der Waals surface area contributed by atoms with Crippen molar-refractivity contribution in [1.82, 2.24) is 10.6 Å². The summed E-state index contributed by atoms with van der Waals surface area (Å²) in [6.45, 7) is 0.532. The first-order valence-electron chi connectivity index (χ1n) is 7.06. The van der Waals surface area contributed by atoms with E-state index in [9.17, 15) is 9.59 Å². The number of aliphatic imine (C=N–C) groups is 1. The number of hydrogen-bond donors (Lipinski definition) is 2. The van der Waals surface area contributed by atoms with Gasteiger partial charge in [-0.1, -0.05) is 42.1 Å². The Bertz CT molecular complexity index is 570. The third-order valence-electron chi connectivity index (χ3n) is 3.34. The molecule has 0 radical (unpaired) electrons. The van der Waals surface area contributed by atoms with Crippen molar-refractivity contribution in [3.63, 3.8) is 0 Å². The molecule has 0 bridgehead atoms. The molecule has 5 nitrogen and oxygen atoms in total. The smallest absolute Gasteiger partial charge is 0.240 e. The van der Waals surface area contributed by atoms with E-state index in [0.717, 1.165) is 18.4 Å². The maximum absolute atomic E-state index is 11.8. The quantitative estimate of drug-likeness (QED) is 0.865. The normalized spacial score (nSPS) is 23.1. The number of amidine groups is 1. The summed E-state index contributed by atoms with van der Waals surface area (Å²) in [5.41, 5.74) is 1.09. The van der Waals surface area contributed by atoms with Gasteiger partial charge >= 0.3 is 0 Å². The highest BCUT2D eigenvalue weighted by atomic mass is 32.2. The van der Waals surface area contributed by atoms with Gasteiger partial charge in [-0.05, 0) is 18.4 Å². The van der Waals surface area contributed by atoms with Crippen LogP contribution >= 0.6 is 11.8 Å². The number of nitrogens with zero attached hydrogens (tertiary/aromatic N) is 1. The van der Waals surface area contributed by atoms with Crippen molar-refractivity contribution in [3.05, 3.63) is 35.9 Å². The van der Waals surface area contributed by atoms with Gasteiger partial charge in [-0.3, -0.25) is 14.6 Å². The SMILES string of the molecule is O=C(C[C@@H]1SC(=NCc2ccccc2)NC1=O)NC1CC1. The van der Waals surface area contributed by atoms with Gasteiger partial charge in [0.2, 0.25) is 11.8 Å². The minimum atomic E-state index is -0.363. The average molecular weight is 303 g/mol. The molecule has 2 aliphatic rings. The van der Waals surface area contributed by atoms with Gasteiger partial charge in [0.05, 0.1) is 6.54 Å². The number of hydrogen-bond acceptors (Lipinski definition) is 4. The van der Waals surface area contributed by atoms with Crippen LogP contribution in [0.1, 0.15) is 24.8 Å². The van der Waals surface area contributed by atoms with Crippen LogP contribution in [0.15, 0.2) is 35.3 Å². The summed E-state index contributed by atoms with van der Waals surface area (Å²) in [6, 6.07) is 10.2. The summed E-state index contributed by atoms with van der Waals surface area (Å²) in [7, 11) is 0. The van der Waals surface area contributed by atoms with E-state index < -0.39 is 0 Å². The van der Waals surface area contributed by atoms with Crippen LogP contribution in [0, 0.1) is 0 Å². The van der Waals surface area contributed by atoms with Gasteiger partial charge in [0.1, 0.15) is 5.25 Å². The highest BCUT2D eigenvalue weighted by Crippen LogP contribution is 2.24. The zero-order valence-electron chi connectivity index (χ0n) is 11.5.